The van der Waals surface area contributed by atoms with Gasteiger partial charge in [-0.3, -0.25) is 23.5 Å². The first-order valence-electron chi connectivity index (χ1n) is 9.16. The molecule has 0 unspecified atom stereocenters. The van der Waals surface area contributed by atoms with E-state index in [1.807, 2.05) is 0 Å². The first-order valence-corrected chi connectivity index (χ1v) is 9.91. The fourth-order valence-electron chi connectivity index (χ4n) is 3.12. The van der Waals surface area contributed by atoms with Gasteiger partial charge in [0.1, 0.15) is 0 Å². The number of pyridine rings is 1. The highest BCUT2D eigenvalue weighted by atomic mass is 35.5. The molecule has 1 aromatic carbocycles. The molecule has 9 nitrogen and oxygen atoms in total. The van der Waals surface area contributed by atoms with Crippen LogP contribution in [0.1, 0.15) is 11.1 Å². The number of benzene rings is 1. The lowest BCUT2D eigenvalue weighted by molar-refractivity contribution is 0.702. The summed E-state index contributed by atoms with van der Waals surface area (Å²) in [5, 5.41) is 5.04. The number of aryl methyl sites for hydroxylation is 1. The highest BCUT2D eigenvalue weighted by Crippen LogP contribution is 2.24. The molecule has 4 rings (SSSR count). The number of fused-ring (bicyclic) bond motifs is 1. The van der Waals surface area contributed by atoms with Crippen LogP contribution in [-0.2, 0) is 20.6 Å². The van der Waals surface area contributed by atoms with Gasteiger partial charge in [-0.25, -0.2) is 10.2 Å². The summed E-state index contributed by atoms with van der Waals surface area (Å²) in [6, 6.07) is 8.79. The Morgan fingerprint density at radius 3 is 2.52 bits per heavy atom. The third-order valence-corrected chi connectivity index (χ3v) is 5.50. The zero-order chi connectivity index (χ0) is 22.1. The molecular formula is C20H17Cl2N7O2. The number of hydrogen-bond donors (Lipinski definition) is 1. The summed E-state index contributed by atoms with van der Waals surface area (Å²) >= 11 is 12.2. The Morgan fingerprint density at radius 1 is 1.06 bits per heavy atom. The molecule has 4 aromatic rings. The third kappa shape index (κ3) is 3.97. The maximum absolute atomic E-state index is 12.9. The van der Waals surface area contributed by atoms with Crippen LogP contribution in [0, 0.1) is 0 Å². The van der Waals surface area contributed by atoms with E-state index in [-0.39, 0.29) is 17.7 Å². The SMILES string of the molecule is Cn1c(=O)c2c(nc(N/N=C/c3ccncc3)n2Cc2ccc(Cl)c(Cl)c2)n(C)c1=O. The van der Waals surface area contributed by atoms with Gasteiger partial charge in [0.05, 0.1) is 22.8 Å². The number of anilines is 1. The molecule has 0 aliphatic rings. The van der Waals surface area contributed by atoms with Crippen molar-refractivity contribution in [1.82, 2.24) is 23.7 Å². The van der Waals surface area contributed by atoms with Crippen LogP contribution in [0.2, 0.25) is 10.0 Å². The molecule has 0 saturated heterocycles. The minimum absolute atomic E-state index is 0.245. The summed E-state index contributed by atoms with van der Waals surface area (Å²) in [6.45, 7) is 0.258. The van der Waals surface area contributed by atoms with E-state index in [0.717, 1.165) is 15.7 Å². The van der Waals surface area contributed by atoms with Gasteiger partial charge in [0.2, 0.25) is 5.95 Å². The van der Waals surface area contributed by atoms with E-state index in [1.165, 1.54) is 11.6 Å². The van der Waals surface area contributed by atoms with Gasteiger partial charge in [-0.1, -0.05) is 29.3 Å². The Balaban J connectivity index is 1.84. The average Bonchev–Trinajstić information content (AvgIpc) is 3.12. The summed E-state index contributed by atoms with van der Waals surface area (Å²) in [4.78, 5) is 33.7. The van der Waals surface area contributed by atoms with Gasteiger partial charge in [0.15, 0.2) is 11.2 Å². The van der Waals surface area contributed by atoms with E-state index in [4.69, 9.17) is 23.2 Å². The molecule has 0 amide bonds. The quantitative estimate of drug-likeness (QED) is 0.366. The van der Waals surface area contributed by atoms with Crippen molar-refractivity contribution >= 4 is 46.5 Å². The highest BCUT2D eigenvalue weighted by molar-refractivity contribution is 6.42. The second kappa shape index (κ2) is 8.37. The maximum atomic E-state index is 12.9. The molecule has 0 spiro atoms. The first kappa shape index (κ1) is 20.8. The van der Waals surface area contributed by atoms with Crippen LogP contribution >= 0.6 is 23.2 Å². The van der Waals surface area contributed by atoms with Gasteiger partial charge in [-0.2, -0.15) is 10.1 Å². The molecule has 1 N–H and O–H groups in total. The maximum Gasteiger partial charge on any atom is 0.332 e. The van der Waals surface area contributed by atoms with Crippen molar-refractivity contribution in [1.29, 1.82) is 0 Å². The number of hydrazone groups is 1. The Labute approximate surface area is 186 Å². The second-order valence-corrected chi connectivity index (χ2v) is 7.61. The number of rotatable bonds is 5. The van der Waals surface area contributed by atoms with Gasteiger partial charge >= 0.3 is 5.69 Å². The van der Waals surface area contributed by atoms with Gasteiger partial charge in [0, 0.05) is 26.5 Å². The number of halogens is 2. The Morgan fingerprint density at radius 2 is 1.81 bits per heavy atom. The molecule has 3 heterocycles. The van der Waals surface area contributed by atoms with E-state index < -0.39 is 11.2 Å². The Bertz CT molecular complexity index is 1420. The lowest BCUT2D eigenvalue weighted by Crippen LogP contribution is -2.37. The van der Waals surface area contributed by atoms with Crippen molar-refractivity contribution in [2.45, 2.75) is 6.54 Å². The number of aromatic nitrogens is 5. The predicted octanol–water partition coefficient (Wildman–Crippen LogP) is 2.63. The highest BCUT2D eigenvalue weighted by Gasteiger charge is 2.19. The zero-order valence-corrected chi connectivity index (χ0v) is 18.1. The van der Waals surface area contributed by atoms with Crippen LogP contribution in [0.15, 0.2) is 57.4 Å². The largest absolute Gasteiger partial charge is 0.332 e. The van der Waals surface area contributed by atoms with E-state index in [2.05, 4.69) is 20.5 Å². The molecule has 0 aliphatic carbocycles. The van der Waals surface area contributed by atoms with Crippen molar-refractivity contribution in [2.24, 2.45) is 19.2 Å². The summed E-state index contributed by atoms with van der Waals surface area (Å²) in [5.74, 6) is 0.296. The van der Waals surface area contributed by atoms with Crippen molar-refractivity contribution in [2.75, 3.05) is 5.43 Å². The topological polar surface area (TPSA) is 99.1 Å². The van der Waals surface area contributed by atoms with Crippen LogP contribution in [0.4, 0.5) is 5.95 Å². The molecule has 0 fully saturated rings. The molecule has 0 aliphatic heterocycles. The fourth-order valence-corrected chi connectivity index (χ4v) is 3.44. The lowest BCUT2D eigenvalue weighted by atomic mass is 10.2. The van der Waals surface area contributed by atoms with Crippen LogP contribution < -0.4 is 16.7 Å². The smallest absolute Gasteiger partial charge is 0.298 e. The number of imidazole rings is 1. The molecule has 0 bridgehead atoms. The molecule has 0 atom stereocenters. The van der Waals surface area contributed by atoms with Gasteiger partial charge in [-0.15, -0.1) is 0 Å². The van der Waals surface area contributed by atoms with Gasteiger partial charge in [-0.05, 0) is 35.4 Å². The Hall–Kier alpha value is -3.43. The molecule has 0 radical (unpaired) electrons. The monoisotopic (exact) mass is 457 g/mol. The molecule has 0 saturated carbocycles. The van der Waals surface area contributed by atoms with E-state index in [9.17, 15) is 9.59 Å². The average molecular weight is 458 g/mol. The fraction of sp³-hybridized carbons (Fsp3) is 0.150. The van der Waals surface area contributed by atoms with E-state index in [0.29, 0.717) is 16.0 Å². The molecule has 11 heteroatoms. The van der Waals surface area contributed by atoms with Gasteiger partial charge < -0.3 is 0 Å². The number of nitrogens with one attached hydrogen (secondary N) is 1. The van der Waals surface area contributed by atoms with Crippen LogP contribution in [0.25, 0.3) is 11.2 Å². The summed E-state index contributed by atoms with van der Waals surface area (Å²) in [6.07, 6.45) is 4.91. The van der Waals surface area contributed by atoms with E-state index >= 15 is 0 Å². The summed E-state index contributed by atoms with van der Waals surface area (Å²) in [5.41, 5.74) is 4.07. The summed E-state index contributed by atoms with van der Waals surface area (Å²) in [7, 11) is 2.99. The van der Waals surface area contributed by atoms with Crippen LogP contribution in [0.3, 0.4) is 0 Å². The second-order valence-electron chi connectivity index (χ2n) is 6.80. The molecule has 158 valence electrons. The standard InChI is InChI=1S/C20H17Cl2N7O2/c1-27-17-16(18(30)28(2)20(27)31)29(11-13-3-4-14(21)15(22)9-13)19(25-17)26-24-10-12-5-7-23-8-6-12/h3-10H,11H2,1-2H3,(H,25,26)/b24-10+. The zero-order valence-electron chi connectivity index (χ0n) is 16.6. The van der Waals surface area contributed by atoms with Crippen molar-refractivity contribution < 1.29 is 0 Å². The van der Waals surface area contributed by atoms with Gasteiger partial charge in [0.25, 0.3) is 5.56 Å². The molecular weight excluding hydrogens is 441 g/mol. The summed E-state index contributed by atoms with van der Waals surface area (Å²) < 4.78 is 4.01. The third-order valence-electron chi connectivity index (χ3n) is 4.76. The molecule has 31 heavy (non-hydrogen) atoms. The van der Waals surface area contributed by atoms with Crippen LogP contribution in [0.5, 0.6) is 0 Å². The van der Waals surface area contributed by atoms with E-state index in [1.54, 1.807) is 60.6 Å². The normalized spacial score (nSPS) is 11.5. The minimum Gasteiger partial charge on any atom is -0.298 e. The van der Waals surface area contributed by atoms with Crippen molar-refractivity contribution in [3.8, 4) is 0 Å². The van der Waals surface area contributed by atoms with Crippen molar-refractivity contribution in [3.63, 3.8) is 0 Å². The lowest BCUT2D eigenvalue weighted by Gasteiger charge is -2.10. The minimum atomic E-state index is -0.469. The number of nitrogens with zero attached hydrogens (tertiary/aromatic N) is 6. The molecule has 3 aromatic heterocycles. The number of hydrogen-bond acceptors (Lipinski definition) is 6. The van der Waals surface area contributed by atoms with Crippen LogP contribution in [-0.4, -0.2) is 29.9 Å². The Kier molecular flexibility index (Phi) is 5.62. The first-order chi connectivity index (χ1) is 14.9. The predicted molar refractivity (Wildman–Crippen MR) is 121 cm³/mol. The van der Waals surface area contributed by atoms with Crippen molar-refractivity contribution in [3.05, 3.63) is 84.7 Å².